The topological polar surface area (TPSA) is 35.2 Å². The minimum atomic E-state index is 0.637. The molecule has 1 aromatic carbocycles. The summed E-state index contributed by atoms with van der Waals surface area (Å²) >= 11 is 0. The Morgan fingerprint density at radius 1 is 1.50 bits per heavy atom. The van der Waals surface area contributed by atoms with Crippen molar-refractivity contribution in [3.63, 3.8) is 0 Å². The van der Waals surface area contributed by atoms with E-state index in [-0.39, 0.29) is 0 Å². The normalized spacial score (nSPS) is 9.44. The second-order valence-corrected chi connectivity index (χ2v) is 3.52. The van der Waals surface area contributed by atoms with E-state index in [1.54, 1.807) is 0 Å². The van der Waals surface area contributed by atoms with Gasteiger partial charge >= 0.3 is 0 Å². The number of terminal acetylenes is 1. The molecule has 0 aliphatic rings. The van der Waals surface area contributed by atoms with E-state index in [0.717, 1.165) is 36.3 Å². The predicted molar refractivity (Wildman–Crippen MR) is 68.3 cm³/mol. The second kappa shape index (κ2) is 6.58. The summed E-state index contributed by atoms with van der Waals surface area (Å²) in [5, 5.41) is 0. The first kappa shape index (κ1) is 12.2. The van der Waals surface area contributed by atoms with Crippen LogP contribution in [-0.4, -0.2) is 6.61 Å². The van der Waals surface area contributed by atoms with Gasteiger partial charge in [-0.25, -0.2) is 0 Å². The monoisotopic (exact) mass is 215 g/mol. The number of nitrogen functional groups attached to an aromatic ring is 1. The molecule has 0 unspecified atom stereocenters. The molecule has 0 saturated carbocycles. The molecule has 2 N–H and O–H groups in total. The minimum Gasteiger partial charge on any atom is -0.493 e. The smallest absolute Gasteiger partial charge is 0.122 e. The molecule has 84 valence electrons. The van der Waals surface area contributed by atoms with Crippen molar-refractivity contribution in [1.82, 2.24) is 0 Å². The first-order valence-corrected chi connectivity index (χ1v) is 5.33. The standard InChI is InChI=1S/C14H17NO/c1-3-5-6-10-16-14-9-8-13(15)11-12(14)7-4-2/h1,4,8-9,11H,2,5-7,10,15H2. The molecule has 2 nitrogen and oxygen atoms in total. The molecular weight excluding hydrogens is 198 g/mol. The lowest BCUT2D eigenvalue weighted by Crippen LogP contribution is -2.00. The van der Waals surface area contributed by atoms with E-state index >= 15 is 0 Å². The van der Waals surface area contributed by atoms with Crippen molar-refractivity contribution in [2.45, 2.75) is 19.3 Å². The first-order chi connectivity index (χ1) is 7.77. The summed E-state index contributed by atoms with van der Waals surface area (Å²) in [5.41, 5.74) is 7.53. The average molecular weight is 215 g/mol. The fourth-order valence-corrected chi connectivity index (χ4v) is 1.41. The third-order valence-corrected chi connectivity index (χ3v) is 2.17. The Morgan fingerprint density at radius 3 is 3.00 bits per heavy atom. The van der Waals surface area contributed by atoms with Crippen molar-refractivity contribution in [3.05, 3.63) is 36.4 Å². The zero-order valence-electron chi connectivity index (χ0n) is 9.41. The van der Waals surface area contributed by atoms with Gasteiger partial charge in [-0.05, 0) is 36.6 Å². The van der Waals surface area contributed by atoms with Gasteiger partial charge in [0.15, 0.2) is 0 Å². The van der Waals surface area contributed by atoms with Crippen molar-refractivity contribution in [1.29, 1.82) is 0 Å². The molecule has 0 aromatic heterocycles. The van der Waals surface area contributed by atoms with Gasteiger partial charge in [0.1, 0.15) is 5.75 Å². The predicted octanol–water partition coefficient (Wildman–Crippen LogP) is 2.79. The lowest BCUT2D eigenvalue weighted by atomic mass is 10.1. The highest BCUT2D eigenvalue weighted by Gasteiger charge is 2.02. The zero-order valence-corrected chi connectivity index (χ0v) is 9.41. The Bertz CT molecular complexity index is 390. The van der Waals surface area contributed by atoms with Crippen LogP contribution in [0.5, 0.6) is 5.75 Å². The molecule has 0 spiro atoms. The number of rotatable bonds is 6. The Labute approximate surface area is 97.1 Å². The maximum Gasteiger partial charge on any atom is 0.122 e. The quantitative estimate of drug-likeness (QED) is 0.343. The summed E-state index contributed by atoms with van der Waals surface area (Å²) in [6.45, 7) is 4.35. The van der Waals surface area contributed by atoms with E-state index in [9.17, 15) is 0 Å². The van der Waals surface area contributed by atoms with Gasteiger partial charge in [0.05, 0.1) is 6.61 Å². The molecule has 0 bridgehead atoms. The van der Waals surface area contributed by atoms with Crippen molar-refractivity contribution in [2.75, 3.05) is 12.3 Å². The van der Waals surface area contributed by atoms with Crippen LogP contribution in [0.1, 0.15) is 18.4 Å². The van der Waals surface area contributed by atoms with Crippen molar-refractivity contribution in [2.24, 2.45) is 0 Å². The highest BCUT2D eigenvalue weighted by Crippen LogP contribution is 2.22. The molecule has 0 amide bonds. The van der Waals surface area contributed by atoms with E-state index in [2.05, 4.69) is 12.5 Å². The fourth-order valence-electron chi connectivity index (χ4n) is 1.41. The van der Waals surface area contributed by atoms with E-state index in [4.69, 9.17) is 16.9 Å². The first-order valence-electron chi connectivity index (χ1n) is 5.33. The van der Waals surface area contributed by atoms with Crippen molar-refractivity contribution < 1.29 is 4.74 Å². The number of ether oxygens (including phenoxy) is 1. The molecular formula is C14H17NO. The number of anilines is 1. The molecule has 16 heavy (non-hydrogen) atoms. The average Bonchev–Trinajstić information content (AvgIpc) is 2.27. The van der Waals surface area contributed by atoms with Crippen LogP contribution in [0.15, 0.2) is 30.9 Å². The summed E-state index contributed by atoms with van der Waals surface area (Å²) in [6, 6.07) is 5.64. The Kier molecular flexibility index (Phi) is 5.01. The van der Waals surface area contributed by atoms with E-state index < -0.39 is 0 Å². The van der Waals surface area contributed by atoms with E-state index in [0.29, 0.717) is 6.61 Å². The van der Waals surface area contributed by atoms with Crippen LogP contribution < -0.4 is 10.5 Å². The number of hydrogen-bond acceptors (Lipinski definition) is 2. The summed E-state index contributed by atoms with van der Waals surface area (Å²) in [4.78, 5) is 0. The molecule has 2 heteroatoms. The molecule has 1 rings (SSSR count). The number of unbranched alkanes of at least 4 members (excludes halogenated alkanes) is 1. The molecule has 0 aliphatic heterocycles. The number of nitrogens with two attached hydrogens (primary N) is 1. The Morgan fingerprint density at radius 2 is 2.31 bits per heavy atom. The maximum atomic E-state index is 5.72. The highest BCUT2D eigenvalue weighted by atomic mass is 16.5. The molecule has 0 saturated heterocycles. The summed E-state index contributed by atoms with van der Waals surface area (Å²) < 4.78 is 5.65. The van der Waals surface area contributed by atoms with Crippen LogP contribution >= 0.6 is 0 Å². The van der Waals surface area contributed by atoms with Gasteiger partial charge in [-0.15, -0.1) is 18.9 Å². The second-order valence-electron chi connectivity index (χ2n) is 3.52. The lowest BCUT2D eigenvalue weighted by Gasteiger charge is -2.10. The third kappa shape index (κ3) is 3.70. The maximum absolute atomic E-state index is 5.72. The van der Waals surface area contributed by atoms with Crippen LogP contribution in [0.3, 0.4) is 0 Å². The van der Waals surface area contributed by atoms with Crippen molar-refractivity contribution >= 4 is 5.69 Å². The van der Waals surface area contributed by atoms with Gasteiger partial charge in [0, 0.05) is 12.1 Å². The lowest BCUT2D eigenvalue weighted by molar-refractivity contribution is 0.310. The van der Waals surface area contributed by atoms with E-state index in [1.807, 2.05) is 24.3 Å². The van der Waals surface area contributed by atoms with Crippen LogP contribution in [0.25, 0.3) is 0 Å². The minimum absolute atomic E-state index is 0.637. The van der Waals surface area contributed by atoms with Gasteiger partial charge in [-0.1, -0.05) is 6.08 Å². The molecule has 0 heterocycles. The van der Waals surface area contributed by atoms with Gasteiger partial charge in [-0.2, -0.15) is 0 Å². The Balaban J connectivity index is 2.63. The molecule has 0 radical (unpaired) electrons. The zero-order chi connectivity index (χ0) is 11.8. The molecule has 1 aromatic rings. The van der Waals surface area contributed by atoms with Crippen LogP contribution in [-0.2, 0) is 6.42 Å². The number of allylic oxidation sites excluding steroid dienone is 1. The van der Waals surface area contributed by atoms with Gasteiger partial charge < -0.3 is 10.5 Å². The van der Waals surface area contributed by atoms with Crippen LogP contribution in [0.2, 0.25) is 0 Å². The highest BCUT2D eigenvalue weighted by molar-refractivity contribution is 5.48. The fraction of sp³-hybridized carbons (Fsp3) is 0.286. The van der Waals surface area contributed by atoms with Gasteiger partial charge in [-0.3, -0.25) is 0 Å². The van der Waals surface area contributed by atoms with E-state index in [1.165, 1.54) is 0 Å². The Hall–Kier alpha value is -1.88. The SMILES string of the molecule is C#CCCCOc1ccc(N)cc1CC=C. The number of benzene rings is 1. The summed E-state index contributed by atoms with van der Waals surface area (Å²) in [6.07, 6.45) is 9.38. The van der Waals surface area contributed by atoms with Gasteiger partial charge in [0.25, 0.3) is 0 Å². The summed E-state index contributed by atoms with van der Waals surface area (Å²) in [7, 11) is 0. The molecule has 0 aliphatic carbocycles. The van der Waals surface area contributed by atoms with Gasteiger partial charge in [0.2, 0.25) is 0 Å². The summed E-state index contributed by atoms with van der Waals surface area (Å²) in [5.74, 6) is 3.45. The number of hydrogen-bond donors (Lipinski definition) is 1. The molecule has 0 fully saturated rings. The van der Waals surface area contributed by atoms with Crippen LogP contribution in [0, 0.1) is 12.3 Å². The largest absolute Gasteiger partial charge is 0.493 e. The third-order valence-electron chi connectivity index (χ3n) is 2.17. The molecule has 0 atom stereocenters. The van der Waals surface area contributed by atoms with Crippen molar-refractivity contribution in [3.8, 4) is 18.1 Å². The van der Waals surface area contributed by atoms with Crippen LogP contribution in [0.4, 0.5) is 5.69 Å².